The van der Waals surface area contributed by atoms with E-state index in [1.807, 2.05) is 36.4 Å². The molecule has 32 heavy (non-hydrogen) atoms. The van der Waals surface area contributed by atoms with Gasteiger partial charge in [0.25, 0.3) is 0 Å². The molecule has 1 aliphatic rings. The maximum Gasteiger partial charge on any atom is 0.411 e. The molecule has 0 fully saturated rings. The molecule has 1 heterocycles. The molecule has 0 spiro atoms. The molecule has 9 heteroatoms. The number of hydrogen-bond donors (Lipinski definition) is 3. The SMILES string of the molecule is C[C@@H](NC(=O)Cn1cc(NC(=O)OCC2c3ccccc3-c3ccccc32)cn1)C(=O)O. The lowest BCUT2D eigenvalue weighted by atomic mass is 9.98. The Labute approximate surface area is 184 Å². The van der Waals surface area contributed by atoms with E-state index in [1.54, 1.807) is 0 Å². The Balaban J connectivity index is 1.34. The van der Waals surface area contributed by atoms with Crippen LogP contribution in [0.3, 0.4) is 0 Å². The van der Waals surface area contributed by atoms with Crippen molar-refractivity contribution < 1.29 is 24.2 Å². The zero-order valence-electron chi connectivity index (χ0n) is 17.3. The number of carboxylic acids is 1. The molecular weight excluding hydrogens is 412 g/mol. The van der Waals surface area contributed by atoms with E-state index in [2.05, 4.69) is 27.9 Å². The molecule has 0 radical (unpaired) electrons. The molecule has 3 N–H and O–H groups in total. The van der Waals surface area contributed by atoms with Crippen LogP contribution in [-0.4, -0.2) is 45.5 Å². The van der Waals surface area contributed by atoms with E-state index >= 15 is 0 Å². The Hall–Kier alpha value is -4.14. The van der Waals surface area contributed by atoms with Gasteiger partial charge in [0.1, 0.15) is 19.2 Å². The zero-order chi connectivity index (χ0) is 22.7. The number of aromatic nitrogens is 2. The van der Waals surface area contributed by atoms with Crippen LogP contribution in [0.5, 0.6) is 0 Å². The summed E-state index contributed by atoms with van der Waals surface area (Å²) in [5.74, 6) is -1.68. The van der Waals surface area contributed by atoms with Crippen molar-refractivity contribution in [3.63, 3.8) is 0 Å². The second-order valence-electron chi connectivity index (χ2n) is 7.50. The largest absolute Gasteiger partial charge is 0.480 e. The highest BCUT2D eigenvalue weighted by Gasteiger charge is 2.29. The van der Waals surface area contributed by atoms with E-state index in [9.17, 15) is 14.4 Å². The molecule has 1 aromatic heterocycles. The summed E-state index contributed by atoms with van der Waals surface area (Å²) in [7, 11) is 0. The lowest BCUT2D eigenvalue weighted by molar-refractivity contribution is -0.141. The summed E-state index contributed by atoms with van der Waals surface area (Å²) in [6, 6.07) is 15.1. The van der Waals surface area contributed by atoms with Crippen LogP contribution in [0, 0.1) is 0 Å². The van der Waals surface area contributed by atoms with E-state index in [0.717, 1.165) is 22.3 Å². The number of carboxylic acid groups (broad SMARTS) is 1. The molecule has 164 valence electrons. The predicted octanol–water partition coefficient (Wildman–Crippen LogP) is 2.83. The summed E-state index contributed by atoms with van der Waals surface area (Å²) in [5.41, 5.74) is 4.90. The number of rotatable bonds is 7. The number of ether oxygens (including phenoxy) is 1. The van der Waals surface area contributed by atoms with Gasteiger partial charge in [-0.05, 0) is 29.2 Å². The van der Waals surface area contributed by atoms with Crippen molar-refractivity contribution in [2.24, 2.45) is 0 Å². The van der Waals surface area contributed by atoms with Crippen molar-refractivity contribution in [1.82, 2.24) is 15.1 Å². The van der Waals surface area contributed by atoms with Gasteiger partial charge in [0, 0.05) is 12.1 Å². The Bertz CT molecular complexity index is 1130. The molecular formula is C23H22N4O5. The Morgan fingerprint density at radius 1 is 1.09 bits per heavy atom. The van der Waals surface area contributed by atoms with Crippen molar-refractivity contribution >= 4 is 23.7 Å². The topological polar surface area (TPSA) is 123 Å². The quantitative estimate of drug-likeness (QED) is 0.526. The van der Waals surface area contributed by atoms with Gasteiger partial charge in [0.05, 0.1) is 11.9 Å². The van der Waals surface area contributed by atoms with Crippen molar-refractivity contribution in [1.29, 1.82) is 0 Å². The average molecular weight is 434 g/mol. The van der Waals surface area contributed by atoms with Crippen molar-refractivity contribution in [3.05, 3.63) is 72.1 Å². The fourth-order valence-corrected chi connectivity index (χ4v) is 3.76. The summed E-state index contributed by atoms with van der Waals surface area (Å²) < 4.78 is 6.78. The number of carbonyl (C=O) groups is 3. The summed E-state index contributed by atoms with van der Waals surface area (Å²) >= 11 is 0. The Kier molecular flexibility index (Phi) is 5.89. The minimum atomic E-state index is -1.13. The number of fused-ring (bicyclic) bond motifs is 3. The highest BCUT2D eigenvalue weighted by Crippen LogP contribution is 2.44. The van der Waals surface area contributed by atoms with Crippen LogP contribution in [0.2, 0.25) is 0 Å². The summed E-state index contributed by atoms with van der Waals surface area (Å²) in [6.07, 6.45) is 2.22. The molecule has 2 amide bonds. The Morgan fingerprint density at radius 3 is 2.34 bits per heavy atom. The van der Waals surface area contributed by atoms with E-state index in [-0.39, 0.29) is 19.1 Å². The molecule has 4 rings (SSSR count). The van der Waals surface area contributed by atoms with E-state index in [1.165, 1.54) is 24.0 Å². The average Bonchev–Trinajstić information content (AvgIpc) is 3.34. The first-order valence-corrected chi connectivity index (χ1v) is 10.1. The summed E-state index contributed by atoms with van der Waals surface area (Å²) in [4.78, 5) is 35.0. The number of anilines is 1. The van der Waals surface area contributed by atoms with Crippen molar-refractivity contribution in [3.8, 4) is 11.1 Å². The van der Waals surface area contributed by atoms with Gasteiger partial charge < -0.3 is 15.2 Å². The van der Waals surface area contributed by atoms with Crippen LogP contribution in [0.4, 0.5) is 10.5 Å². The molecule has 0 unspecified atom stereocenters. The van der Waals surface area contributed by atoms with E-state index in [0.29, 0.717) is 5.69 Å². The van der Waals surface area contributed by atoms with Crippen LogP contribution in [0.1, 0.15) is 24.0 Å². The fourth-order valence-electron chi connectivity index (χ4n) is 3.76. The second kappa shape index (κ2) is 8.93. The third-order valence-electron chi connectivity index (χ3n) is 5.28. The van der Waals surface area contributed by atoms with Gasteiger partial charge in [-0.1, -0.05) is 48.5 Å². The molecule has 1 aliphatic carbocycles. The number of nitrogens with zero attached hydrogens (tertiary/aromatic N) is 2. The number of carbonyl (C=O) groups excluding carboxylic acids is 2. The number of benzene rings is 2. The molecule has 0 aliphatic heterocycles. The van der Waals surface area contributed by atoms with E-state index in [4.69, 9.17) is 9.84 Å². The van der Waals surface area contributed by atoms with Gasteiger partial charge in [-0.15, -0.1) is 0 Å². The second-order valence-corrected chi connectivity index (χ2v) is 7.50. The first kappa shape index (κ1) is 21.1. The maximum atomic E-state index is 12.3. The van der Waals surface area contributed by atoms with Crippen LogP contribution < -0.4 is 10.6 Å². The van der Waals surface area contributed by atoms with Gasteiger partial charge >= 0.3 is 12.1 Å². The number of amides is 2. The fraction of sp³-hybridized carbons (Fsp3) is 0.217. The van der Waals surface area contributed by atoms with Crippen LogP contribution >= 0.6 is 0 Å². The molecule has 3 aromatic rings. The van der Waals surface area contributed by atoms with Crippen LogP contribution in [0.15, 0.2) is 60.9 Å². The van der Waals surface area contributed by atoms with Crippen LogP contribution in [-0.2, 0) is 20.9 Å². The van der Waals surface area contributed by atoms with E-state index < -0.39 is 24.0 Å². The lowest BCUT2D eigenvalue weighted by Crippen LogP contribution is -2.40. The summed E-state index contributed by atoms with van der Waals surface area (Å²) in [5, 5.41) is 17.8. The first-order chi connectivity index (χ1) is 15.4. The monoisotopic (exact) mass is 434 g/mol. The molecule has 0 bridgehead atoms. The standard InChI is InChI=1S/C23H22N4O5/c1-14(22(29)30)25-21(28)12-27-11-15(10-24-27)26-23(31)32-13-20-18-8-4-2-6-16(18)17-7-3-5-9-19(17)20/h2-11,14,20H,12-13H2,1H3,(H,25,28)(H,26,31)(H,29,30)/t14-/m1/s1. The molecule has 1 atom stereocenters. The minimum Gasteiger partial charge on any atom is -0.480 e. The highest BCUT2D eigenvalue weighted by molar-refractivity contribution is 5.85. The lowest BCUT2D eigenvalue weighted by Gasteiger charge is -2.14. The smallest absolute Gasteiger partial charge is 0.411 e. The number of aliphatic carboxylic acids is 1. The number of hydrogen-bond acceptors (Lipinski definition) is 5. The van der Waals surface area contributed by atoms with Gasteiger partial charge in [-0.25, -0.2) is 4.79 Å². The van der Waals surface area contributed by atoms with Gasteiger partial charge in [-0.3, -0.25) is 19.6 Å². The Morgan fingerprint density at radius 2 is 1.72 bits per heavy atom. The van der Waals surface area contributed by atoms with Gasteiger partial charge in [-0.2, -0.15) is 5.10 Å². The molecule has 0 saturated heterocycles. The zero-order valence-corrected chi connectivity index (χ0v) is 17.3. The molecule has 2 aromatic carbocycles. The minimum absolute atomic E-state index is 0.0456. The third kappa shape index (κ3) is 4.46. The van der Waals surface area contributed by atoms with Gasteiger partial charge in [0.2, 0.25) is 5.91 Å². The predicted molar refractivity (Wildman–Crippen MR) is 116 cm³/mol. The molecule has 9 nitrogen and oxygen atoms in total. The highest BCUT2D eigenvalue weighted by atomic mass is 16.5. The normalized spacial score (nSPS) is 13.0. The maximum absolute atomic E-state index is 12.3. The first-order valence-electron chi connectivity index (χ1n) is 10.1. The third-order valence-corrected chi connectivity index (χ3v) is 5.28. The number of nitrogens with one attached hydrogen (secondary N) is 2. The van der Waals surface area contributed by atoms with Crippen molar-refractivity contribution in [2.75, 3.05) is 11.9 Å². The summed E-state index contributed by atoms with van der Waals surface area (Å²) in [6.45, 7) is 1.38. The van der Waals surface area contributed by atoms with Gasteiger partial charge in [0.15, 0.2) is 0 Å². The van der Waals surface area contributed by atoms with Crippen molar-refractivity contribution in [2.45, 2.75) is 25.4 Å². The van der Waals surface area contributed by atoms with Crippen LogP contribution in [0.25, 0.3) is 11.1 Å². The molecule has 0 saturated carbocycles.